The fraction of sp³-hybridized carbons (Fsp3) is 0.467. The van der Waals surface area contributed by atoms with Crippen molar-refractivity contribution in [2.24, 2.45) is 0 Å². The Hall–Kier alpha value is -2.26. The van der Waals surface area contributed by atoms with E-state index < -0.39 is 0 Å². The molecule has 2 amide bonds. The smallest absolute Gasteiger partial charge is 0.323 e. The Morgan fingerprint density at radius 3 is 2.79 bits per heavy atom. The van der Waals surface area contributed by atoms with Crippen LogP contribution in [0.25, 0.3) is 0 Å². The van der Waals surface area contributed by atoms with Crippen molar-refractivity contribution in [2.75, 3.05) is 38.6 Å². The Morgan fingerprint density at radius 2 is 2.12 bits per heavy atom. The van der Waals surface area contributed by atoms with Crippen LogP contribution in [0.15, 0.2) is 17.6 Å². The third kappa shape index (κ3) is 4.18. The molecule has 0 aliphatic carbocycles. The number of piperazine rings is 1. The standard InChI is InChI=1S/C15H20N6O2S/c1-11-17-12(10-24-11)9-20-5-7-21(8-6-20)15(22)19-13-3-4-16-14(18-13)23-2/h3-4,10H,5-9H2,1-2H3,(H,16,18,19,22). The number of thiazole rings is 1. The maximum Gasteiger partial charge on any atom is 0.323 e. The van der Waals surface area contributed by atoms with Gasteiger partial charge in [0.05, 0.1) is 17.8 Å². The third-order valence-corrected chi connectivity index (χ3v) is 4.59. The molecule has 0 aromatic carbocycles. The monoisotopic (exact) mass is 348 g/mol. The number of hydrogen-bond acceptors (Lipinski definition) is 7. The summed E-state index contributed by atoms with van der Waals surface area (Å²) in [5.74, 6) is 0.437. The first-order chi connectivity index (χ1) is 11.6. The molecule has 0 saturated carbocycles. The molecule has 1 aliphatic rings. The van der Waals surface area contributed by atoms with E-state index in [-0.39, 0.29) is 12.0 Å². The molecule has 1 N–H and O–H groups in total. The van der Waals surface area contributed by atoms with Crippen molar-refractivity contribution < 1.29 is 9.53 Å². The van der Waals surface area contributed by atoms with Gasteiger partial charge in [-0.05, 0) is 13.0 Å². The summed E-state index contributed by atoms with van der Waals surface area (Å²) >= 11 is 1.67. The van der Waals surface area contributed by atoms with E-state index in [0.717, 1.165) is 30.3 Å². The van der Waals surface area contributed by atoms with Crippen molar-refractivity contribution in [3.8, 4) is 6.01 Å². The van der Waals surface area contributed by atoms with E-state index in [4.69, 9.17) is 4.74 Å². The summed E-state index contributed by atoms with van der Waals surface area (Å²) in [6.45, 7) is 5.87. The molecular weight excluding hydrogens is 328 g/mol. The first-order valence-corrected chi connectivity index (χ1v) is 8.58. The van der Waals surface area contributed by atoms with E-state index in [1.165, 1.54) is 7.11 Å². The van der Waals surface area contributed by atoms with Gasteiger partial charge in [-0.25, -0.2) is 14.8 Å². The normalized spacial score (nSPS) is 15.3. The van der Waals surface area contributed by atoms with Crippen molar-refractivity contribution >= 4 is 23.2 Å². The number of ether oxygens (including phenoxy) is 1. The summed E-state index contributed by atoms with van der Waals surface area (Å²) in [5.41, 5.74) is 1.10. The van der Waals surface area contributed by atoms with E-state index in [2.05, 4.69) is 30.5 Å². The quantitative estimate of drug-likeness (QED) is 0.904. The summed E-state index contributed by atoms with van der Waals surface area (Å²) in [5, 5.41) is 5.96. The van der Waals surface area contributed by atoms with Gasteiger partial charge < -0.3 is 9.64 Å². The van der Waals surface area contributed by atoms with Crippen LogP contribution < -0.4 is 10.1 Å². The molecule has 2 aromatic rings. The molecule has 24 heavy (non-hydrogen) atoms. The number of carbonyl (C=O) groups is 1. The van der Waals surface area contributed by atoms with Gasteiger partial charge in [0.2, 0.25) is 0 Å². The summed E-state index contributed by atoms with van der Waals surface area (Å²) in [7, 11) is 1.49. The molecule has 3 rings (SSSR count). The van der Waals surface area contributed by atoms with Gasteiger partial charge in [0.1, 0.15) is 5.82 Å². The van der Waals surface area contributed by atoms with Crippen molar-refractivity contribution in [1.82, 2.24) is 24.8 Å². The average molecular weight is 348 g/mol. The fourth-order valence-corrected chi connectivity index (χ4v) is 3.12. The molecule has 128 valence electrons. The number of carbonyl (C=O) groups excluding carboxylic acids is 1. The van der Waals surface area contributed by atoms with Gasteiger partial charge in [-0.15, -0.1) is 11.3 Å². The maximum absolute atomic E-state index is 12.3. The maximum atomic E-state index is 12.3. The molecule has 1 saturated heterocycles. The Balaban J connectivity index is 1.49. The van der Waals surface area contributed by atoms with Crippen LogP contribution >= 0.6 is 11.3 Å². The first kappa shape index (κ1) is 16.6. The number of methoxy groups -OCH3 is 1. The Labute approximate surface area is 144 Å². The molecule has 0 spiro atoms. The number of hydrogen-bond donors (Lipinski definition) is 1. The molecule has 9 heteroatoms. The highest BCUT2D eigenvalue weighted by atomic mass is 32.1. The number of nitrogens with zero attached hydrogens (tertiary/aromatic N) is 5. The number of anilines is 1. The highest BCUT2D eigenvalue weighted by Crippen LogP contribution is 2.13. The minimum Gasteiger partial charge on any atom is -0.467 e. The van der Waals surface area contributed by atoms with Gasteiger partial charge in [-0.2, -0.15) is 4.98 Å². The molecule has 2 aromatic heterocycles. The van der Waals surface area contributed by atoms with Gasteiger partial charge in [0, 0.05) is 44.3 Å². The van der Waals surface area contributed by atoms with Crippen LogP contribution in [0.3, 0.4) is 0 Å². The minimum atomic E-state index is -0.153. The minimum absolute atomic E-state index is 0.153. The van der Waals surface area contributed by atoms with Crippen molar-refractivity contribution in [1.29, 1.82) is 0 Å². The second kappa shape index (κ2) is 7.54. The largest absolute Gasteiger partial charge is 0.467 e. The zero-order chi connectivity index (χ0) is 16.9. The van der Waals surface area contributed by atoms with E-state index in [1.807, 2.05) is 6.92 Å². The summed E-state index contributed by atoms with van der Waals surface area (Å²) < 4.78 is 4.96. The predicted octanol–water partition coefficient (Wildman–Crippen LogP) is 1.60. The van der Waals surface area contributed by atoms with E-state index in [9.17, 15) is 4.79 Å². The average Bonchev–Trinajstić information content (AvgIpc) is 3.00. The molecule has 0 bridgehead atoms. The van der Waals surface area contributed by atoms with Crippen LogP contribution in [0.1, 0.15) is 10.7 Å². The lowest BCUT2D eigenvalue weighted by molar-refractivity contribution is 0.142. The molecule has 1 aliphatic heterocycles. The van der Waals surface area contributed by atoms with Crippen LogP contribution in [-0.4, -0.2) is 64.1 Å². The van der Waals surface area contributed by atoms with Crippen molar-refractivity contribution in [3.05, 3.63) is 28.3 Å². The molecule has 3 heterocycles. The number of aromatic nitrogens is 3. The molecule has 0 atom stereocenters. The number of aryl methyl sites for hydroxylation is 1. The number of rotatable bonds is 4. The molecule has 0 unspecified atom stereocenters. The SMILES string of the molecule is COc1nccc(NC(=O)N2CCN(Cc3csc(C)n3)CC2)n1. The predicted molar refractivity (Wildman–Crippen MR) is 91.3 cm³/mol. The van der Waals surface area contributed by atoms with E-state index in [0.29, 0.717) is 18.9 Å². The molecule has 0 radical (unpaired) electrons. The van der Waals surface area contributed by atoms with Gasteiger partial charge in [-0.1, -0.05) is 0 Å². The van der Waals surface area contributed by atoms with Gasteiger partial charge in [-0.3, -0.25) is 10.2 Å². The lowest BCUT2D eigenvalue weighted by atomic mass is 10.3. The van der Waals surface area contributed by atoms with Gasteiger partial charge in [0.25, 0.3) is 0 Å². The van der Waals surface area contributed by atoms with Gasteiger partial charge >= 0.3 is 12.0 Å². The van der Waals surface area contributed by atoms with Crippen LogP contribution in [0.5, 0.6) is 6.01 Å². The molecular formula is C15H20N6O2S. The fourth-order valence-electron chi connectivity index (χ4n) is 2.52. The van der Waals surface area contributed by atoms with Crippen LogP contribution in [-0.2, 0) is 6.54 Å². The number of amides is 2. The van der Waals surface area contributed by atoms with Crippen LogP contribution in [0, 0.1) is 6.92 Å². The molecule has 1 fully saturated rings. The number of urea groups is 1. The van der Waals surface area contributed by atoms with E-state index >= 15 is 0 Å². The van der Waals surface area contributed by atoms with Gasteiger partial charge in [0.15, 0.2) is 0 Å². The Morgan fingerprint density at radius 1 is 1.33 bits per heavy atom. The third-order valence-electron chi connectivity index (χ3n) is 3.76. The summed E-state index contributed by atoms with van der Waals surface area (Å²) in [6.07, 6.45) is 1.55. The highest BCUT2D eigenvalue weighted by molar-refractivity contribution is 7.09. The first-order valence-electron chi connectivity index (χ1n) is 7.70. The molecule has 8 nitrogen and oxygen atoms in total. The van der Waals surface area contributed by atoms with Crippen molar-refractivity contribution in [3.63, 3.8) is 0 Å². The summed E-state index contributed by atoms with van der Waals surface area (Å²) in [4.78, 5) is 28.9. The Bertz CT molecular complexity index is 699. The van der Waals surface area contributed by atoms with Crippen molar-refractivity contribution in [2.45, 2.75) is 13.5 Å². The van der Waals surface area contributed by atoms with Crippen LogP contribution in [0.2, 0.25) is 0 Å². The van der Waals surface area contributed by atoms with Crippen LogP contribution in [0.4, 0.5) is 10.6 Å². The highest BCUT2D eigenvalue weighted by Gasteiger charge is 2.22. The second-order valence-electron chi connectivity index (χ2n) is 5.48. The summed E-state index contributed by atoms with van der Waals surface area (Å²) in [6, 6.07) is 1.72. The zero-order valence-electron chi connectivity index (χ0n) is 13.7. The lowest BCUT2D eigenvalue weighted by Crippen LogP contribution is -2.49. The lowest BCUT2D eigenvalue weighted by Gasteiger charge is -2.34. The van der Waals surface area contributed by atoms with E-state index in [1.54, 1.807) is 28.5 Å². The second-order valence-corrected chi connectivity index (χ2v) is 6.54. The topological polar surface area (TPSA) is 83.5 Å². The number of nitrogens with one attached hydrogen (secondary N) is 1. The zero-order valence-corrected chi connectivity index (χ0v) is 14.5. The Kier molecular flexibility index (Phi) is 5.21.